The third-order valence-corrected chi connectivity index (χ3v) is 3.13. The first-order valence-corrected chi connectivity index (χ1v) is 8.36. The third-order valence-electron chi connectivity index (χ3n) is 3.13. The number of carboxylic acids is 1. The fourth-order valence-corrected chi connectivity index (χ4v) is 2.01. The van der Waals surface area contributed by atoms with E-state index in [4.69, 9.17) is 37.9 Å². The van der Waals surface area contributed by atoms with Gasteiger partial charge in [-0.15, -0.1) is 0 Å². The van der Waals surface area contributed by atoms with E-state index >= 15 is 0 Å². The number of carbonyl (C=O) groups is 1. The number of carboxylic acid groups (broad SMARTS) is 1. The number of rotatable bonds is 12. The molecule has 0 heterocycles. The van der Waals surface area contributed by atoms with Crippen molar-refractivity contribution in [2.75, 3.05) is 13.1 Å². The van der Waals surface area contributed by atoms with Gasteiger partial charge in [-0.3, -0.25) is 15.6 Å². The van der Waals surface area contributed by atoms with E-state index in [0.717, 1.165) is 71.4 Å². The monoisotopic (exact) mass is 345 g/mol. The predicted octanol–water partition coefficient (Wildman–Crippen LogP) is 0.492. The molecule has 0 aliphatic rings. The molecule has 0 rings (SSSR count). The summed E-state index contributed by atoms with van der Waals surface area (Å²) < 4.78 is 0. The average Bonchev–Trinajstić information content (AvgIpc) is 2.45. The van der Waals surface area contributed by atoms with E-state index in [1.807, 2.05) is 0 Å². The zero-order chi connectivity index (χ0) is 18.8. The van der Waals surface area contributed by atoms with Crippen LogP contribution >= 0.6 is 0 Å². The molecule has 9 heteroatoms. The van der Waals surface area contributed by atoms with Gasteiger partial charge in [0.05, 0.1) is 0 Å². The van der Waals surface area contributed by atoms with E-state index in [9.17, 15) is 0 Å². The Labute approximate surface area is 144 Å². The number of unbranched alkanes of at least 4 members (excludes halogenated alkanes) is 4. The quantitative estimate of drug-likeness (QED) is 0.143. The van der Waals surface area contributed by atoms with Gasteiger partial charge in [0.1, 0.15) is 0 Å². The maximum atomic E-state index is 9.00. The molecule has 0 spiro atoms. The van der Waals surface area contributed by atoms with Gasteiger partial charge in [-0.05, 0) is 25.7 Å². The summed E-state index contributed by atoms with van der Waals surface area (Å²) in [6.07, 6.45) is 8.69. The smallest absolute Gasteiger partial charge is 0.300 e. The Balaban J connectivity index is 0. The minimum absolute atomic E-state index is 0.0426. The second-order valence-electron chi connectivity index (χ2n) is 5.66. The fraction of sp³-hybridized carbons (Fsp3) is 0.800. The number of aliphatic carboxylic acids is 1. The molecule has 11 N–H and O–H groups in total. The zero-order valence-corrected chi connectivity index (χ0v) is 14.7. The summed E-state index contributed by atoms with van der Waals surface area (Å²) in [5.41, 5.74) is 16.4. The summed E-state index contributed by atoms with van der Waals surface area (Å²) in [6.45, 7) is 2.63. The normalized spacial score (nSPS) is 10.9. The van der Waals surface area contributed by atoms with E-state index in [1.54, 1.807) is 0 Å². The SMILES string of the molecule is CC(=O)O.N=C(N)NCCCCCC(N)CCCCCNC(=N)N. The Bertz CT molecular complexity index is 321. The standard InChI is InChI=1S/C13H31N7.C2H4O2/c14-11(7-3-1-5-9-19-12(15)16)8-4-2-6-10-20-13(17)18;1-2(3)4/h11H,1-10,14H2,(H4,15,16,19)(H4,17,18,20);1H3,(H,3,4). The van der Waals surface area contributed by atoms with Crippen LogP contribution in [0.4, 0.5) is 0 Å². The first kappa shape index (κ1) is 24.2. The van der Waals surface area contributed by atoms with Crippen LogP contribution in [0.1, 0.15) is 58.3 Å². The summed E-state index contributed by atoms with van der Waals surface area (Å²) in [4.78, 5) is 9.00. The molecule has 0 aliphatic carbocycles. The van der Waals surface area contributed by atoms with Gasteiger partial charge in [0.2, 0.25) is 0 Å². The summed E-state index contributed by atoms with van der Waals surface area (Å²) in [5.74, 6) is -0.748. The minimum Gasteiger partial charge on any atom is -0.481 e. The highest BCUT2D eigenvalue weighted by Crippen LogP contribution is 2.08. The highest BCUT2D eigenvalue weighted by molar-refractivity contribution is 5.74. The Morgan fingerprint density at radius 2 is 1.25 bits per heavy atom. The molecule has 0 unspecified atom stereocenters. The lowest BCUT2D eigenvalue weighted by molar-refractivity contribution is -0.134. The summed E-state index contributed by atoms with van der Waals surface area (Å²) in [5, 5.41) is 27.0. The van der Waals surface area contributed by atoms with E-state index in [1.165, 1.54) is 0 Å². The van der Waals surface area contributed by atoms with Gasteiger partial charge in [0.15, 0.2) is 11.9 Å². The van der Waals surface area contributed by atoms with Crippen LogP contribution in [0.15, 0.2) is 0 Å². The van der Waals surface area contributed by atoms with Gasteiger partial charge in [-0.2, -0.15) is 0 Å². The molecule has 0 saturated carbocycles. The van der Waals surface area contributed by atoms with Crippen molar-refractivity contribution in [1.82, 2.24) is 10.6 Å². The maximum absolute atomic E-state index is 9.00. The van der Waals surface area contributed by atoms with Crippen molar-refractivity contribution in [3.8, 4) is 0 Å². The molecule has 0 aromatic rings. The molecule has 0 aliphatic heterocycles. The van der Waals surface area contributed by atoms with Crippen molar-refractivity contribution in [1.29, 1.82) is 10.8 Å². The van der Waals surface area contributed by atoms with Gasteiger partial charge in [-0.25, -0.2) is 0 Å². The van der Waals surface area contributed by atoms with E-state index in [0.29, 0.717) is 0 Å². The first-order valence-electron chi connectivity index (χ1n) is 8.36. The Morgan fingerprint density at radius 1 is 0.917 bits per heavy atom. The van der Waals surface area contributed by atoms with Gasteiger partial charge in [0.25, 0.3) is 5.97 Å². The Kier molecular flexibility index (Phi) is 17.5. The van der Waals surface area contributed by atoms with Crippen LogP contribution in [-0.4, -0.2) is 42.1 Å². The molecule has 0 saturated heterocycles. The molecular formula is C15H35N7O2. The van der Waals surface area contributed by atoms with Crippen molar-refractivity contribution >= 4 is 17.9 Å². The van der Waals surface area contributed by atoms with Crippen LogP contribution in [0.25, 0.3) is 0 Å². The molecule has 0 radical (unpaired) electrons. The van der Waals surface area contributed by atoms with Gasteiger partial charge in [-0.1, -0.05) is 25.7 Å². The predicted molar refractivity (Wildman–Crippen MR) is 98.1 cm³/mol. The lowest BCUT2D eigenvalue weighted by Gasteiger charge is -2.11. The number of nitrogens with two attached hydrogens (primary N) is 3. The molecule has 0 fully saturated rings. The van der Waals surface area contributed by atoms with Crippen molar-refractivity contribution in [2.24, 2.45) is 17.2 Å². The highest BCUT2D eigenvalue weighted by Gasteiger charge is 2.02. The Hall–Kier alpha value is -2.03. The molecule has 9 nitrogen and oxygen atoms in total. The lowest BCUT2D eigenvalue weighted by atomic mass is 10.0. The number of guanidine groups is 2. The van der Waals surface area contributed by atoms with Gasteiger partial charge < -0.3 is 32.9 Å². The molecule has 0 bridgehead atoms. The van der Waals surface area contributed by atoms with Crippen molar-refractivity contribution in [3.63, 3.8) is 0 Å². The molecule has 0 amide bonds. The van der Waals surface area contributed by atoms with E-state index < -0.39 is 5.97 Å². The molecule has 24 heavy (non-hydrogen) atoms. The van der Waals surface area contributed by atoms with Crippen molar-refractivity contribution < 1.29 is 9.90 Å². The zero-order valence-electron chi connectivity index (χ0n) is 14.7. The summed E-state index contributed by atoms with van der Waals surface area (Å²) in [7, 11) is 0. The van der Waals surface area contributed by atoms with Crippen LogP contribution in [0.5, 0.6) is 0 Å². The number of hydrogen-bond acceptors (Lipinski definition) is 4. The summed E-state index contributed by atoms with van der Waals surface area (Å²) in [6, 6.07) is 0.288. The molecular weight excluding hydrogens is 310 g/mol. The van der Waals surface area contributed by atoms with Crippen molar-refractivity contribution in [3.05, 3.63) is 0 Å². The lowest BCUT2D eigenvalue weighted by Crippen LogP contribution is -2.31. The topological polar surface area (TPSA) is 187 Å². The van der Waals surface area contributed by atoms with Crippen LogP contribution in [0, 0.1) is 10.8 Å². The van der Waals surface area contributed by atoms with Crippen LogP contribution in [0.2, 0.25) is 0 Å². The van der Waals surface area contributed by atoms with Gasteiger partial charge >= 0.3 is 0 Å². The molecule has 0 aromatic heterocycles. The van der Waals surface area contributed by atoms with E-state index in [-0.39, 0.29) is 18.0 Å². The largest absolute Gasteiger partial charge is 0.481 e. The van der Waals surface area contributed by atoms with Crippen molar-refractivity contribution in [2.45, 2.75) is 64.3 Å². The average molecular weight is 345 g/mol. The van der Waals surface area contributed by atoms with Gasteiger partial charge in [0, 0.05) is 26.1 Å². The van der Waals surface area contributed by atoms with Crippen LogP contribution in [0.3, 0.4) is 0 Å². The number of hydrogen-bond donors (Lipinski definition) is 8. The Morgan fingerprint density at radius 3 is 1.54 bits per heavy atom. The third kappa shape index (κ3) is 28.2. The van der Waals surface area contributed by atoms with Crippen LogP contribution in [-0.2, 0) is 4.79 Å². The minimum atomic E-state index is -0.833. The second-order valence-corrected chi connectivity index (χ2v) is 5.66. The first-order chi connectivity index (χ1) is 11.3. The number of nitrogens with one attached hydrogen (secondary N) is 4. The van der Waals surface area contributed by atoms with Crippen LogP contribution < -0.4 is 27.8 Å². The molecule has 142 valence electrons. The second kappa shape index (κ2) is 17.3. The summed E-state index contributed by atoms with van der Waals surface area (Å²) >= 11 is 0. The highest BCUT2D eigenvalue weighted by atomic mass is 16.4. The fourth-order valence-electron chi connectivity index (χ4n) is 2.01. The maximum Gasteiger partial charge on any atom is 0.300 e. The molecule has 0 aromatic carbocycles. The van der Waals surface area contributed by atoms with E-state index in [2.05, 4.69) is 10.6 Å². The molecule has 0 atom stereocenters.